The number of nitrogens with one attached hydrogen (secondary N) is 1. The number of phenolic OH excluding ortho intramolecular Hbond substituents is 2. The van der Waals surface area contributed by atoms with E-state index in [0.717, 1.165) is 0 Å². The zero-order valence-corrected chi connectivity index (χ0v) is 13.0. The van der Waals surface area contributed by atoms with Gasteiger partial charge in [0.15, 0.2) is 11.5 Å². The van der Waals surface area contributed by atoms with Crippen molar-refractivity contribution in [3.8, 4) is 23.5 Å². The van der Waals surface area contributed by atoms with E-state index in [1.165, 1.54) is 12.1 Å². The van der Waals surface area contributed by atoms with E-state index in [0.29, 0.717) is 31.9 Å². The normalized spacial score (nSPS) is 11.2. The Balaban J connectivity index is 2.20. The van der Waals surface area contributed by atoms with Crippen LogP contribution in [0.2, 0.25) is 0 Å². The molecule has 0 aliphatic carbocycles. The molecule has 0 saturated carbocycles. The molecule has 0 spiro atoms. The van der Waals surface area contributed by atoms with Gasteiger partial charge in [0.05, 0.1) is 13.2 Å². The number of ether oxygens (including phenoxy) is 2. The van der Waals surface area contributed by atoms with Crippen molar-refractivity contribution in [3.63, 3.8) is 0 Å². The summed E-state index contributed by atoms with van der Waals surface area (Å²) in [6.45, 7) is 3.19. The van der Waals surface area contributed by atoms with Gasteiger partial charge in [-0.25, -0.2) is 0 Å². The summed E-state index contributed by atoms with van der Waals surface area (Å²) in [6.07, 6.45) is 2.52. The number of carbonyl (C=O) groups is 1. The number of hydrogen-bond donors (Lipinski definition) is 4. The van der Waals surface area contributed by atoms with Gasteiger partial charge >= 0.3 is 0 Å². The number of aromatic hydroxyl groups is 2. The summed E-state index contributed by atoms with van der Waals surface area (Å²) in [6, 6.07) is 3.68. The second-order valence-corrected chi connectivity index (χ2v) is 4.72. The van der Waals surface area contributed by atoms with Crippen LogP contribution in [0.3, 0.4) is 0 Å². The van der Waals surface area contributed by atoms with Crippen LogP contribution in [0.4, 0.5) is 0 Å². The fraction of sp³-hybridized carbons (Fsp3) is 0.438. The number of hydrogen-bond acceptors (Lipinski definition) is 6. The Kier molecular flexibility index (Phi) is 8.36. The van der Waals surface area contributed by atoms with Crippen LogP contribution in [0.5, 0.6) is 11.5 Å². The average Bonchev–Trinajstić information content (AvgIpc) is 2.52. The highest BCUT2D eigenvalue weighted by molar-refractivity contribution is 5.76. The highest BCUT2D eigenvalue weighted by Gasteiger charge is 2.13. The minimum atomic E-state index is -0.566. The van der Waals surface area contributed by atoms with Crippen molar-refractivity contribution in [1.82, 2.24) is 5.32 Å². The Morgan fingerprint density at radius 2 is 2.09 bits per heavy atom. The quantitative estimate of drug-likeness (QED) is 0.301. The number of carbonyl (C=O) groups excluding carboxylic acids is 1. The van der Waals surface area contributed by atoms with Crippen molar-refractivity contribution in [1.29, 1.82) is 0 Å². The van der Waals surface area contributed by atoms with E-state index in [2.05, 4.69) is 17.3 Å². The molecule has 0 aliphatic heterocycles. The molecule has 0 aromatic heterocycles. The first kappa shape index (κ1) is 18.6. The first-order valence-electron chi connectivity index (χ1n) is 7.20. The molecule has 7 nitrogen and oxygen atoms in total. The van der Waals surface area contributed by atoms with Gasteiger partial charge in [0.1, 0.15) is 12.7 Å². The molecule has 23 heavy (non-hydrogen) atoms. The molecule has 0 aliphatic rings. The summed E-state index contributed by atoms with van der Waals surface area (Å²) in [5, 5.41) is 21.3. The van der Waals surface area contributed by atoms with Crippen molar-refractivity contribution < 1.29 is 24.5 Å². The molecule has 0 fully saturated rings. The first-order chi connectivity index (χ1) is 11.0. The fourth-order valence-electron chi connectivity index (χ4n) is 1.75. The maximum Gasteiger partial charge on any atom is 0.221 e. The van der Waals surface area contributed by atoms with E-state index >= 15 is 0 Å². The zero-order chi connectivity index (χ0) is 17.1. The largest absolute Gasteiger partial charge is 0.504 e. The van der Waals surface area contributed by atoms with Crippen molar-refractivity contribution in [2.75, 3.05) is 26.4 Å². The van der Waals surface area contributed by atoms with E-state index in [1.54, 1.807) is 13.0 Å². The fourth-order valence-corrected chi connectivity index (χ4v) is 1.75. The molecule has 0 saturated heterocycles. The molecule has 5 N–H and O–H groups in total. The second-order valence-electron chi connectivity index (χ2n) is 4.72. The van der Waals surface area contributed by atoms with Gasteiger partial charge in [0.25, 0.3) is 0 Å². The molecule has 0 radical (unpaired) electrons. The van der Waals surface area contributed by atoms with E-state index in [4.69, 9.17) is 15.2 Å². The molecule has 1 aromatic carbocycles. The highest BCUT2D eigenvalue weighted by Crippen LogP contribution is 2.27. The van der Waals surface area contributed by atoms with Gasteiger partial charge in [-0.1, -0.05) is 12.0 Å². The van der Waals surface area contributed by atoms with E-state index in [-0.39, 0.29) is 23.8 Å². The van der Waals surface area contributed by atoms with Crippen LogP contribution in [-0.2, 0) is 14.3 Å². The second kappa shape index (κ2) is 10.3. The Labute approximate surface area is 135 Å². The van der Waals surface area contributed by atoms with Crippen LogP contribution < -0.4 is 11.1 Å². The van der Waals surface area contributed by atoms with Crippen LogP contribution >= 0.6 is 0 Å². The van der Waals surface area contributed by atoms with Gasteiger partial charge in [0.2, 0.25) is 5.91 Å². The number of rotatable bonds is 9. The maximum absolute atomic E-state index is 11.8. The summed E-state index contributed by atoms with van der Waals surface area (Å²) in [4.78, 5) is 11.8. The summed E-state index contributed by atoms with van der Waals surface area (Å²) in [7, 11) is 0. The molecule has 0 unspecified atom stereocenters. The van der Waals surface area contributed by atoms with E-state index in [1.807, 2.05) is 0 Å². The predicted molar refractivity (Wildman–Crippen MR) is 84.5 cm³/mol. The van der Waals surface area contributed by atoms with Gasteiger partial charge in [-0.15, -0.1) is 0 Å². The molecular formula is C16H22N2O5. The third kappa shape index (κ3) is 7.40. The van der Waals surface area contributed by atoms with Gasteiger partial charge in [-0.3, -0.25) is 4.79 Å². The molecule has 0 heterocycles. The highest BCUT2D eigenvalue weighted by atomic mass is 16.5. The summed E-state index contributed by atoms with van der Waals surface area (Å²) in [5.74, 6) is 1.89. The lowest BCUT2D eigenvalue weighted by atomic mass is 10.0. The molecule has 1 atom stereocenters. The van der Waals surface area contributed by atoms with Crippen molar-refractivity contribution in [2.24, 2.45) is 5.73 Å². The minimum absolute atomic E-state index is 0.0689. The summed E-state index contributed by atoms with van der Waals surface area (Å²) >= 11 is 0. The topological polar surface area (TPSA) is 114 Å². The smallest absolute Gasteiger partial charge is 0.221 e. The standard InChI is InChI=1S/C16H22N2O5/c1-2-6-22-8-9-23-7-5-18-16(21)11-13(17)12-3-4-14(19)15(20)10-12/h3-4,10,13,19-20H,5,7-9,11,17H2,1H3,(H,18,21)/t13-/m0/s1. The molecule has 1 aromatic rings. The first-order valence-corrected chi connectivity index (χ1v) is 7.20. The van der Waals surface area contributed by atoms with E-state index < -0.39 is 6.04 Å². The molecule has 126 valence electrons. The SMILES string of the molecule is CC#COCCOCCNC(=O)C[C@H](N)c1ccc(O)c(O)c1. The number of benzene rings is 1. The van der Waals surface area contributed by atoms with Gasteiger partial charge < -0.3 is 30.7 Å². The van der Waals surface area contributed by atoms with Crippen molar-refractivity contribution in [2.45, 2.75) is 19.4 Å². The Hall–Kier alpha value is -2.43. The Bertz CT molecular complexity index is 565. The molecule has 7 heteroatoms. The summed E-state index contributed by atoms with van der Waals surface area (Å²) in [5.41, 5.74) is 6.47. The molecule has 1 amide bonds. The maximum atomic E-state index is 11.8. The van der Waals surface area contributed by atoms with E-state index in [9.17, 15) is 15.0 Å². The van der Waals surface area contributed by atoms with Crippen molar-refractivity contribution in [3.05, 3.63) is 23.8 Å². The van der Waals surface area contributed by atoms with Crippen LogP contribution in [0.15, 0.2) is 18.2 Å². The van der Waals surface area contributed by atoms with Gasteiger partial charge in [0, 0.05) is 25.9 Å². The third-order valence-electron chi connectivity index (χ3n) is 2.91. The average molecular weight is 322 g/mol. The lowest BCUT2D eigenvalue weighted by Gasteiger charge is -2.13. The number of nitrogens with two attached hydrogens (primary N) is 1. The van der Waals surface area contributed by atoms with Crippen molar-refractivity contribution >= 4 is 5.91 Å². The third-order valence-corrected chi connectivity index (χ3v) is 2.91. The lowest BCUT2D eigenvalue weighted by Crippen LogP contribution is -2.30. The predicted octanol–water partition coefficient (Wildman–Crippen LogP) is 0.618. The molecular weight excluding hydrogens is 300 g/mol. The number of amides is 1. The Morgan fingerprint density at radius 3 is 2.78 bits per heavy atom. The van der Waals surface area contributed by atoms with Crippen LogP contribution in [0, 0.1) is 12.0 Å². The van der Waals surface area contributed by atoms with Gasteiger partial charge in [-0.2, -0.15) is 0 Å². The summed E-state index contributed by atoms with van der Waals surface area (Å²) < 4.78 is 10.2. The lowest BCUT2D eigenvalue weighted by molar-refractivity contribution is -0.121. The minimum Gasteiger partial charge on any atom is -0.504 e. The Morgan fingerprint density at radius 1 is 1.30 bits per heavy atom. The number of phenols is 2. The van der Waals surface area contributed by atoms with Crippen LogP contribution in [-0.4, -0.2) is 42.5 Å². The van der Waals surface area contributed by atoms with Crippen LogP contribution in [0.1, 0.15) is 24.9 Å². The monoisotopic (exact) mass is 322 g/mol. The van der Waals surface area contributed by atoms with Gasteiger partial charge in [-0.05, 0) is 17.7 Å². The zero-order valence-electron chi connectivity index (χ0n) is 13.0. The molecule has 1 rings (SSSR count). The molecule has 0 bridgehead atoms. The van der Waals surface area contributed by atoms with Crippen LogP contribution in [0.25, 0.3) is 0 Å².